The molecule has 1 unspecified atom stereocenters. The van der Waals surface area contributed by atoms with Crippen LogP contribution in [-0.4, -0.2) is 39.0 Å². The summed E-state index contributed by atoms with van der Waals surface area (Å²) in [7, 11) is 3.28. The van der Waals surface area contributed by atoms with Crippen molar-refractivity contribution in [3.63, 3.8) is 0 Å². The molecule has 1 heterocycles. The highest BCUT2D eigenvalue weighted by atomic mass is 16.5. The highest BCUT2D eigenvalue weighted by molar-refractivity contribution is 5.84. The maximum absolute atomic E-state index is 12.6. The van der Waals surface area contributed by atoms with Gasteiger partial charge in [0, 0.05) is 42.7 Å². The Kier molecular flexibility index (Phi) is 9.68. The summed E-state index contributed by atoms with van der Waals surface area (Å²) in [4.78, 5) is 14.8. The number of methoxy groups -OCH3 is 2. The average molecular weight is 594 g/mol. The molecule has 1 atom stereocenters. The van der Waals surface area contributed by atoms with E-state index in [-0.39, 0.29) is 13.0 Å². The van der Waals surface area contributed by atoms with E-state index in [1.165, 1.54) is 6.07 Å². The minimum Gasteiger partial charge on any atom is -0.497 e. The Bertz CT molecular complexity index is 1660. The summed E-state index contributed by atoms with van der Waals surface area (Å²) in [5, 5.41) is 12.2. The lowest BCUT2D eigenvalue weighted by Gasteiger charge is -2.36. The van der Waals surface area contributed by atoms with Gasteiger partial charge in [-0.3, -0.25) is 0 Å². The van der Waals surface area contributed by atoms with Gasteiger partial charge in [0.25, 0.3) is 0 Å². The normalized spacial score (nSPS) is 12.2. The number of ether oxygens (including phenoxy) is 3. The molecule has 228 valence electrons. The molecule has 0 saturated carbocycles. The van der Waals surface area contributed by atoms with E-state index in [4.69, 9.17) is 18.6 Å². The van der Waals surface area contributed by atoms with Gasteiger partial charge in [-0.15, -0.1) is 0 Å². The quantitative estimate of drug-likeness (QED) is 0.115. The van der Waals surface area contributed by atoms with Gasteiger partial charge in [-0.05, 0) is 72.5 Å². The first-order valence-corrected chi connectivity index (χ1v) is 14.9. The van der Waals surface area contributed by atoms with Crippen molar-refractivity contribution in [2.75, 3.05) is 38.8 Å². The van der Waals surface area contributed by atoms with Crippen LogP contribution in [0, 0.1) is 0 Å². The van der Waals surface area contributed by atoms with E-state index in [9.17, 15) is 9.90 Å². The summed E-state index contributed by atoms with van der Waals surface area (Å²) in [6, 6.07) is 32.8. The molecule has 0 spiro atoms. The van der Waals surface area contributed by atoms with E-state index < -0.39 is 17.3 Å². The van der Waals surface area contributed by atoms with Gasteiger partial charge in [0.15, 0.2) is 0 Å². The van der Waals surface area contributed by atoms with Crippen molar-refractivity contribution in [1.29, 1.82) is 0 Å². The predicted molar refractivity (Wildman–Crippen MR) is 174 cm³/mol. The fourth-order valence-corrected chi connectivity index (χ4v) is 5.79. The van der Waals surface area contributed by atoms with Gasteiger partial charge in [-0.1, -0.05) is 54.6 Å². The molecule has 0 aliphatic heterocycles. The van der Waals surface area contributed by atoms with Crippen LogP contribution in [-0.2, 0) is 10.3 Å². The number of hydrogen-bond acceptors (Lipinski definition) is 7. The minimum absolute atomic E-state index is 0.188. The standard InChI is InChI=1S/C37H39NO6/c1-5-38(6-2)29-16-21-32-33(25-36(40)44-35(32)24-29)34(39)22-23-43-37(26-10-8-7-9-11-26,27-12-17-30(41-3)18-13-27)28-14-19-31(42-4)20-15-28/h7-21,24-25,34,39H,5-6,22-23H2,1-4H3. The first-order chi connectivity index (χ1) is 21.4. The third-order valence-electron chi connectivity index (χ3n) is 8.13. The smallest absolute Gasteiger partial charge is 0.336 e. The molecule has 0 fully saturated rings. The van der Waals surface area contributed by atoms with Crippen LogP contribution in [0.15, 0.2) is 112 Å². The number of aliphatic hydroxyl groups excluding tert-OH is 1. The summed E-state index contributed by atoms with van der Waals surface area (Å²) < 4.78 is 23.3. The topological polar surface area (TPSA) is 81.4 Å². The van der Waals surface area contributed by atoms with Gasteiger partial charge in [0.05, 0.1) is 26.9 Å². The van der Waals surface area contributed by atoms with Gasteiger partial charge in [-0.2, -0.15) is 0 Å². The first kappa shape index (κ1) is 30.9. The molecule has 4 aromatic carbocycles. The van der Waals surface area contributed by atoms with Gasteiger partial charge < -0.3 is 28.6 Å². The third kappa shape index (κ3) is 6.20. The van der Waals surface area contributed by atoms with Gasteiger partial charge >= 0.3 is 5.63 Å². The van der Waals surface area contributed by atoms with Crippen LogP contribution in [0.1, 0.15) is 48.6 Å². The van der Waals surface area contributed by atoms with Crippen LogP contribution in [0.2, 0.25) is 0 Å². The fraction of sp³-hybridized carbons (Fsp3) is 0.270. The Morgan fingerprint density at radius 1 is 0.773 bits per heavy atom. The Morgan fingerprint density at radius 2 is 1.34 bits per heavy atom. The summed E-state index contributed by atoms with van der Waals surface area (Å²) in [6.07, 6.45) is -0.710. The van der Waals surface area contributed by atoms with Crippen LogP contribution in [0.25, 0.3) is 11.0 Å². The molecule has 0 saturated heterocycles. The second-order valence-corrected chi connectivity index (χ2v) is 10.5. The lowest BCUT2D eigenvalue weighted by molar-refractivity contribution is -0.00557. The highest BCUT2D eigenvalue weighted by Gasteiger charge is 2.38. The SMILES string of the molecule is CCN(CC)c1ccc2c(C(O)CCOC(c3ccccc3)(c3ccc(OC)cc3)c3ccc(OC)cc3)cc(=O)oc2c1. The second kappa shape index (κ2) is 13.8. The minimum atomic E-state index is -1.00. The molecular formula is C37H39NO6. The average Bonchev–Trinajstić information content (AvgIpc) is 3.07. The van der Waals surface area contributed by atoms with Crippen molar-refractivity contribution in [2.24, 2.45) is 0 Å². The van der Waals surface area contributed by atoms with Crippen LogP contribution in [0.3, 0.4) is 0 Å². The van der Waals surface area contributed by atoms with E-state index in [1.807, 2.05) is 97.1 Å². The van der Waals surface area contributed by atoms with Crippen LogP contribution < -0.4 is 20.0 Å². The molecule has 0 bridgehead atoms. The van der Waals surface area contributed by atoms with Crippen LogP contribution in [0.4, 0.5) is 5.69 Å². The maximum Gasteiger partial charge on any atom is 0.336 e. The van der Waals surface area contributed by atoms with Crippen molar-refractivity contribution in [3.05, 3.63) is 136 Å². The Labute approximate surface area is 258 Å². The molecule has 7 heteroatoms. The molecule has 7 nitrogen and oxygen atoms in total. The summed E-state index contributed by atoms with van der Waals surface area (Å²) in [6.45, 7) is 6.01. The molecule has 0 amide bonds. The van der Waals surface area contributed by atoms with Gasteiger partial charge in [0.1, 0.15) is 22.7 Å². The monoisotopic (exact) mass is 593 g/mol. The van der Waals surface area contributed by atoms with Crippen molar-refractivity contribution >= 4 is 16.7 Å². The molecule has 5 rings (SSSR count). The van der Waals surface area contributed by atoms with Crippen LogP contribution in [0.5, 0.6) is 11.5 Å². The molecule has 0 aliphatic carbocycles. The van der Waals surface area contributed by atoms with E-state index in [2.05, 4.69) is 18.7 Å². The van der Waals surface area contributed by atoms with Gasteiger partial charge in [-0.25, -0.2) is 4.79 Å². The Balaban J connectivity index is 1.52. The van der Waals surface area contributed by atoms with E-state index in [1.54, 1.807) is 14.2 Å². The second-order valence-electron chi connectivity index (χ2n) is 10.5. The molecule has 44 heavy (non-hydrogen) atoms. The van der Waals surface area contributed by atoms with E-state index >= 15 is 0 Å². The Hall–Kier alpha value is -4.59. The van der Waals surface area contributed by atoms with Crippen molar-refractivity contribution < 1.29 is 23.7 Å². The zero-order valence-electron chi connectivity index (χ0n) is 25.7. The third-order valence-corrected chi connectivity index (χ3v) is 8.13. The zero-order chi connectivity index (χ0) is 31.1. The number of aliphatic hydroxyl groups is 1. The molecular weight excluding hydrogens is 554 g/mol. The number of anilines is 1. The molecule has 1 N–H and O–H groups in total. The zero-order valence-corrected chi connectivity index (χ0v) is 25.7. The predicted octanol–water partition coefficient (Wildman–Crippen LogP) is 7.09. The molecule has 0 aliphatic rings. The Morgan fingerprint density at radius 3 is 1.89 bits per heavy atom. The highest BCUT2D eigenvalue weighted by Crippen LogP contribution is 2.42. The number of nitrogens with zero attached hydrogens (tertiary/aromatic N) is 1. The molecule has 1 aromatic heterocycles. The number of hydrogen-bond donors (Lipinski definition) is 1. The lowest BCUT2D eigenvalue weighted by Crippen LogP contribution is -2.33. The van der Waals surface area contributed by atoms with Gasteiger partial charge in [0.2, 0.25) is 0 Å². The van der Waals surface area contributed by atoms with Crippen molar-refractivity contribution in [3.8, 4) is 11.5 Å². The summed E-state index contributed by atoms with van der Waals surface area (Å²) >= 11 is 0. The summed E-state index contributed by atoms with van der Waals surface area (Å²) in [5.74, 6) is 1.47. The fourth-order valence-electron chi connectivity index (χ4n) is 5.79. The van der Waals surface area contributed by atoms with Crippen LogP contribution >= 0.6 is 0 Å². The largest absolute Gasteiger partial charge is 0.497 e. The first-order valence-electron chi connectivity index (χ1n) is 14.9. The number of benzene rings is 4. The van der Waals surface area contributed by atoms with E-state index in [0.717, 1.165) is 47.0 Å². The summed E-state index contributed by atoms with van der Waals surface area (Å²) in [5.41, 5.74) is 3.16. The lowest BCUT2D eigenvalue weighted by atomic mass is 9.80. The number of rotatable bonds is 13. The number of fused-ring (bicyclic) bond motifs is 1. The molecule has 5 aromatic rings. The van der Waals surface area contributed by atoms with E-state index in [0.29, 0.717) is 16.5 Å². The molecule has 0 radical (unpaired) electrons. The van der Waals surface area contributed by atoms with Crippen molar-refractivity contribution in [1.82, 2.24) is 0 Å². The van der Waals surface area contributed by atoms with Crippen molar-refractivity contribution in [2.45, 2.75) is 32.0 Å². The maximum atomic E-state index is 12.6.